The maximum Gasteiger partial charge on any atom is 0.141 e. The minimum absolute atomic E-state index is 0.253. The summed E-state index contributed by atoms with van der Waals surface area (Å²) in [5.41, 5.74) is 0.972. The first kappa shape index (κ1) is 14.7. The van der Waals surface area contributed by atoms with Crippen LogP contribution in [0.3, 0.4) is 0 Å². The topological polar surface area (TPSA) is 37.4 Å². The standard InChI is InChI=1S/C16H24FN3O/c1-21-11-12-3-2-6-20(10-12)16-13(7-14(17)9-19-16)8-18-15-4-5-15/h7,9,12,15,18H,2-6,8,10-11H2,1H3. The quantitative estimate of drug-likeness (QED) is 0.873. The van der Waals surface area contributed by atoms with Gasteiger partial charge >= 0.3 is 0 Å². The van der Waals surface area contributed by atoms with Gasteiger partial charge in [0.05, 0.1) is 12.8 Å². The number of hydrogen-bond donors (Lipinski definition) is 1. The van der Waals surface area contributed by atoms with E-state index in [0.717, 1.165) is 37.5 Å². The van der Waals surface area contributed by atoms with Crippen molar-refractivity contribution in [1.82, 2.24) is 10.3 Å². The van der Waals surface area contributed by atoms with Crippen molar-refractivity contribution in [3.05, 3.63) is 23.6 Å². The van der Waals surface area contributed by atoms with Gasteiger partial charge in [0.15, 0.2) is 0 Å². The molecule has 0 amide bonds. The van der Waals surface area contributed by atoms with Crippen molar-refractivity contribution in [3.63, 3.8) is 0 Å². The Bertz CT molecular complexity index is 477. The minimum Gasteiger partial charge on any atom is -0.384 e. The van der Waals surface area contributed by atoms with Gasteiger partial charge in [0.2, 0.25) is 0 Å². The number of nitrogens with zero attached hydrogens (tertiary/aromatic N) is 2. The van der Waals surface area contributed by atoms with Crippen LogP contribution in [-0.4, -0.2) is 37.8 Å². The lowest BCUT2D eigenvalue weighted by atomic mass is 9.98. The van der Waals surface area contributed by atoms with E-state index in [1.807, 2.05) is 0 Å². The highest BCUT2D eigenvalue weighted by molar-refractivity contribution is 5.47. The lowest BCUT2D eigenvalue weighted by Gasteiger charge is -2.34. The molecular formula is C16H24FN3O. The Balaban J connectivity index is 1.72. The number of aromatic nitrogens is 1. The molecule has 1 aliphatic carbocycles. The molecule has 2 fully saturated rings. The molecule has 1 aromatic heterocycles. The van der Waals surface area contributed by atoms with Crippen LogP contribution in [0, 0.1) is 11.7 Å². The van der Waals surface area contributed by atoms with Crippen molar-refractivity contribution < 1.29 is 9.13 Å². The monoisotopic (exact) mass is 293 g/mol. The van der Waals surface area contributed by atoms with Gasteiger partial charge in [0.25, 0.3) is 0 Å². The number of anilines is 1. The van der Waals surface area contributed by atoms with E-state index in [0.29, 0.717) is 18.5 Å². The van der Waals surface area contributed by atoms with Gasteiger partial charge in [-0.05, 0) is 37.7 Å². The lowest BCUT2D eigenvalue weighted by Crippen LogP contribution is -2.38. The summed E-state index contributed by atoms with van der Waals surface area (Å²) in [6.45, 7) is 3.43. The van der Waals surface area contributed by atoms with Gasteiger partial charge in [-0.3, -0.25) is 0 Å². The molecule has 21 heavy (non-hydrogen) atoms. The minimum atomic E-state index is -0.253. The molecule has 0 radical (unpaired) electrons. The summed E-state index contributed by atoms with van der Waals surface area (Å²) in [5, 5.41) is 3.46. The molecule has 0 aromatic carbocycles. The Labute approximate surface area is 125 Å². The Morgan fingerprint density at radius 3 is 3.05 bits per heavy atom. The van der Waals surface area contributed by atoms with E-state index in [9.17, 15) is 4.39 Å². The smallest absolute Gasteiger partial charge is 0.141 e. The third-order valence-electron chi connectivity index (χ3n) is 4.29. The van der Waals surface area contributed by atoms with Crippen molar-refractivity contribution in [3.8, 4) is 0 Å². The third-order valence-corrected chi connectivity index (χ3v) is 4.29. The highest BCUT2D eigenvalue weighted by Gasteiger charge is 2.24. The number of methoxy groups -OCH3 is 1. The molecule has 1 saturated carbocycles. The average molecular weight is 293 g/mol. The summed E-state index contributed by atoms with van der Waals surface area (Å²) >= 11 is 0. The Morgan fingerprint density at radius 1 is 1.43 bits per heavy atom. The number of halogens is 1. The number of piperidine rings is 1. The average Bonchev–Trinajstić information content (AvgIpc) is 3.30. The van der Waals surface area contributed by atoms with Gasteiger partial charge in [-0.2, -0.15) is 0 Å². The fraction of sp³-hybridized carbons (Fsp3) is 0.688. The molecule has 5 heteroatoms. The Morgan fingerprint density at radius 2 is 2.29 bits per heavy atom. The summed E-state index contributed by atoms with van der Waals surface area (Å²) in [7, 11) is 1.75. The summed E-state index contributed by atoms with van der Waals surface area (Å²) in [5.74, 6) is 1.22. The maximum absolute atomic E-state index is 13.5. The van der Waals surface area contributed by atoms with Crippen LogP contribution in [0.25, 0.3) is 0 Å². The van der Waals surface area contributed by atoms with E-state index in [2.05, 4.69) is 15.2 Å². The Hall–Kier alpha value is -1.20. The second-order valence-electron chi connectivity index (χ2n) is 6.20. The second kappa shape index (κ2) is 6.71. The van der Waals surface area contributed by atoms with Crippen LogP contribution in [0.5, 0.6) is 0 Å². The highest BCUT2D eigenvalue weighted by Crippen LogP contribution is 2.26. The number of rotatable bonds is 6. The molecule has 1 aliphatic heterocycles. The maximum atomic E-state index is 13.5. The van der Waals surface area contributed by atoms with Gasteiger partial charge in [-0.15, -0.1) is 0 Å². The lowest BCUT2D eigenvalue weighted by molar-refractivity contribution is 0.143. The molecule has 2 heterocycles. The van der Waals surface area contributed by atoms with E-state index >= 15 is 0 Å². The number of pyridine rings is 1. The van der Waals surface area contributed by atoms with E-state index in [-0.39, 0.29) is 5.82 Å². The molecule has 1 N–H and O–H groups in total. The van der Waals surface area contributed by atoms with Crippen LogP contribution in [0.4, 0.5) is 10.2 Å². The van der Waals surface area contributed by atoms with Crippen molar-refractivity contribution in [2.75, 3.05) is 31.7 Å². The van der Waals surface area contributed by atoms with E-state index in [4.69, 9.17) is 4.74 Å². The van der Waals surface area contributed by atoms with Crippen LogP contribution in [0.1, 0.15) is 31.2 Å². The van der Waals surface area contributed by atoms with Crippen LogP contribution in [0.15, 0.2) is 12.3 Å². The van der Waals surface area contributed by atoms with Crippen LogP contribution < -0.4 is 10.2 Å². The highest BCUT2D eigenvalue weighted by atomic mass is 19.1. The van der Waals surface area contributed by atoms with Crippen molar-refractivity contribution in [2.24, 2.45) is 5.92 Å². The molecule has 1 saturated heterocycles. The van der Waals surface area contributed by atoms with Gasteiger partial charge in [0.1, 0.15) is 11.6 Å². The third kappa shape index (κ3) is 3.92. The van der Waals surface area contributed by atoms with Crippen LogP contribution >= 0.6 is 0 Å². The van der Waals surface area contributed by atoms with E-state index < -0.39 is 0 Å². The van der Waals surface area contributed by atoms with Gasteiger partial charge < -0.3 is 15.0 Å². The van der Waals surface area contributed by atoms with Gasteiger partial charge in [-0.25, -0.2) is 9.37 Å². The molecule has 0 bridgehead atoms. The molecular weight excluding hydrogens is 269 g/mol. The Kier molecular flexibility index (Phi) is 4.70. The fourth-order valence-corrected chi connectivity index (χ4v) is 3.06. The molecule has 1 aromatic rings. The second-order valence-corrected chi connectivity index (χ2v) is 6.20. The first-order valence-electron chi connectivity index (χ1n) is 7.88. The molecule has 4 nitrogen and oxygen atoms in total. The van der Waals surface area contributed by atoms with E-state index in [1.165, 1.54) is 25.5 Å². The molecule has 0 spiro atoms. The first-order valence-corrected chi connectivity index (χ1v) is 7.88. The number of hydrogen-bond acceptors (Lipinski definition) is 4. The van der Waals surface area contributed by atoms with Crippen molar-refractivity contribution in [2.45, 2.75) is 38.3 Å². The van der Waals surface area contributed by atoms with Crippen molar-refractivity contribution in [1.29, 1.82) is 0 Å². The molecule has 3 rings (SSSR count). The number of nitrogens with one attached hydrogen (secondary N) is 1. The van der Waals surface area contributed by atoms with Gasteiger partial charge in [0, 0.05) is 38.3 Å². The summed E-state index contributed by atoms with van der Waals surface area (Å²) in [4.78, 5) is 6.65. The SMILES string of the molecule is COCC1CCCN(c2ncc(F)cc2CNC2CC2)C1. The van der Waals surface area contributed by atoms with Gasteiger partial charge in [-0.1, -0.05) is 0 Å². The zero-order valence-electron chi connectivity index (χ0n) is 12.6. The molecule has 1 atom stereocenters. The van der Waals surface area contributed by atoms with E-state index in [1.54, 1.807) is 13.2 Å². The zero-order chi connectivity index (χ0) is 14.7. The summed E-state index contributed by atoms with van der Waals surface area (Å²) in [6, 6.07) is 2.24. The van der Waals surface area contributed by atoms with Crippen LogP contribution in [0.2, 0.25) is 0 Å². The summed E-state index contributed by atoms with van der Waals surface area (Å²) in [6.07, 6.45) is 6.13. The first-order chi connectivity index (χ1) is 10.3. The zero-order valence-corrected chi connectivity index (χ0v) is 12.6. The normalized spacial score (nSPS) is 22.6. The predicted octanol–water partition coefficient (Wildman–Crippen LogP) is 2.34. The summed E-state index contributed by atoms with van der Waals surface area (Å²) < 4.78 is 18.8. The van der Waals surface area contributed by atoms with Crippen LogP contribution in [-0.2, 0) is 11.3 Å². The molecule has 1 unspecified atom stereocenters. The largest absolute Gasteiger partial charge is 0.384 e. The molecule has 2 aliphatic rings. The number of ether oxygens (including phenoxy) is 1. The predicted molar refractivity (Wildman–Crippen MR) is 80.9 cm³/mol. The fourth-order valence-electron chi connectivity index (χ4n) is 3.06. The molecule has 116 valence electrons. The van der Waals surface area contributed by atoms with Crippen molar-refractivity contribution >= 4 is 5.82 Å².